The molecule has 102 valence electrons. The second-order valence-corrected chi connectivity index (χ2v) is 5.13. The zero-order valence-electron chi connectivity index (χ0n) is 10.9. The zero-order valence-corrected chi connectivity index (χ0v) is 11.7. The number of hydrazone groups is 1. The van der Waals surface area contributed by atoms with Gasteiger partial charge in [-0.15, -0.1) is 11.8 Å². The molecule has 0 fully saturated rings. The maximum Gasteiger partial charge on any atom is 0.240 e. The molecule has 0 bridgehead atoms. The third-order valence-corrected chi connectivity index (χ3v) is 3.43. The normalized spacial score (nSPS) is 10.6. The first-order valence-electron chi connectivity index (χ1n) is 6.25. The van der Waals surface area contributed by atoms with E-state index in [2.05, 4.69) is 15.5 Å². The molecule has 4 nitrogen and oxygen atoms in total. The standard InChI is InChI=1S/C15H15N3OS/c19-15(9-11-20-14-7-2-1-3-8-14)18-17-12-13-6-4-5-10-16-13/h1-8,10,12H,9,11H2,(H,18,19)/b17-12+. The number of carbonyl (C=O) groups excluding carboxylic acids is 1. The van der Waals surface area contributed by atoms with Gasteiger partial charge in [-0.2, -0.15) is 5.10 Å². The fraction of sp³-hybridized carbons (Fsp3) is 0.133. The molecule has 0 saturated carbocycles. The number of rotatable bonds is 6. The summed E-state index contributed by atoms with van der Waals surface area (Å²) in [5.74, 6) is 0.634. The summed E-state index contributed by atoms with van der Waals surface area (Å²) in [4.78, 5) is 16.8. The van der Waals surface area contributed by atoms with Crippen molar-refractivity contribution in [3.8, 4) is 0 Å². The molecule has 1 amide bonds. The van der Waals surface area contributed by atoms with Crippen LogP contribution < -0.4 is 5.43 Å². The minimum absolute atomic E-state index is 0.0967. The monoisotopic (exact) mass is 285 g/mol. The van der Waals surface area contributed by atoms with E-state index in [1.807, 2.05) is 48.5 Å². The summed E-state index contributed by atoms with van der Waals surface area (Å²) in [7, 11) is 0. The van der Waals surface area contributed by atoms with Gasteiger partial charge < -0.3 is 0 Å². The number of hydrogen-bond donors (Lipinski definition) is 1. The molecule has 0 unspecified atom stereocenters. The van der Waals surface area contributed by atoms with Crippen molar-refractivity contribution in [2.24, 2.45) is 5.10 Å². The minimum Gasteiger partial charge on any atom is -0.273 e. The maximum absolute atomic E-state index is 11.6. The fourth-order valence-electron chi connectivity index (χ4n) is 1.46. The first-order valence-corrected chi connectivity index (χ1v) is 7.24. The summed E-state index contributed by atoms with van der Waals surface area (Å²) >= 11 is 1.65. The van der Waals surface area contributed by atoms with Crippen LogP contribution in [0.4, 0.5) is 0 Å². The van der Waals surface area contributed by atoms with Crippen molar-refractivity contribution in [2.45, 2.75) is 11.3 Å². The largest absolute Gasteiger partial charge is 0.273 e. The van der Waals surface area contributed by atoms with Crippen LogP contribution in [0.2, 0.25) is 0 Å². The van der Waals surface area contributed by atoms with Crippen molar-refractivity contribution in [3.05, 3.63) is 60.4 Å². The minimum atomic E-state index is -0.0967. The maximum atomic E-state index is 11.6. The van der Waals surface area contributed by atoms with Gasteiger partial charge in [0.2, 0.25) is 5.91 Å². The third-order valence-electron chi connectivity index (χ3n) is 2.41. The van der Waals surface area contributed by atoms with Gasteiger partial charge >= 0.3 is 0 Å². The lowest BCUT2D eigenvalue weighted by Crippen LogP contribution is -2.17. The van der Waals surface area contributed by atoms with Gasteiger partial charge in [0.05, 0.1) is 11.9 Å². The molecule has 0 atom stereocenters. The summed E-state index contributed by atoms with van der Waals surface area (Å²) in [6.45, 7) is 0. The molecule has 0 aliphatic rings. The number of aromatic nitrogens is 1. The number of pyridine rings is 1. The molecule has 0 radical (unpaired) electrons. The number of amides is 1. The SMILES string of the molecule is O=C(CCSc1ccccc1)N/N=C/c1ccccn1. The van der Waals surface area contributed by atoms with E-state index in [1.54, 1.807) is 18.0 Å². The van der Waals surface area contributed by atoms with Crippen LogP contribution in [-0.4, -0.2) is 22.9 Å². The molecule has 1 aromatic carbocycles. The van der Waals surface area contributed by atoms with E-state index < -0.39 is 0 Å². The van der Waals surface area contributed by atoms with Gasteiger partial charge in [0.1, 0.15) is 0 Å². The highest BCUT2D eigenvalue weighted by Gasteiger charge is 2.00. The van der Waals surface area contributed by atoms with Crippen molar-refractivity contribution in [1.82, 2.24) is 10.4 Å². The number of nitrogens with one attached hydrogen (secondary N) is 1. The van der Waals surface area contributed by atoms with Crippen molar-refractivity contribution >= 4 is 23.9 Å². The van der Waals surface area contributed by atoms with Crippen molar-refractivity contribution in [2.75, 3.05) is 5.75 Å². The Bertz CT molecular complexity index is 558. The number of hydrogen-bond acceptors (Lipinski definition) is 4. The van der Waals surface area contributed by atoms with E-state index in [1.165, 1.54) is 6.21 Å². The number of nitrogens with zero attached hydrogens (tertiary/aromatic N) is 2. The average molecular weight is 285 g/mol. The highest BCUT2D eigenvalue weighted by atomic mass is 32.2. The van der Waals surface area contributed by atoms with Gasteiger partial charge in [-0.1, -0.05) is 24.3 Å². The Balaban J connectivity index is 1.67. The molecule has 0 spiro atoms. The van der Waals surface area contributed by atoms with Gasteiger partial charge in [-0.25, -0.2) is 5.43 Å². The van der Waals surface area contributed by atoms with Gasteiger partial charge in [0.15, 0.2) is 0 Å². The zero-order chi connectivity index (χ0) is 14.0. The first kappa shape index (κ1) is 14.3. The molecular weight excluding hydrogens is 270 g/mol. The lowest BCUT2D eigenvalue weighted by atomic mass is 10.4. The van der Waals surface area contributed by atoms with E-state index in [9.17, 15) is 4.79 Å². The third kappa shape index (κ3) is 5.24. The van der Waals surface area contributed by atoms with Gasteiger partial charge in [-0.3, -0.25) is 9.78 Å². The van der Waals surface area contributed by atoms with Gasteiger partial charge in [0.25, 0.3) is 0 Å². The Morgan fingerprint density at radius 2 is 2.00 bits per heavy atom. The highest BCUT2D eigenvalue weighted by molar-refractivity contribution is 7.99. The molecule has 0 saturated heterocycles. The van der Waals surface area contributed by atoms with Crippen LogP contribution in [0.3, 0.4) is 0 Å². The van der Waals surface area contributed by atoms with Crippen LogP contribution in [0.25, 0.3) is 0 Å². The number of carbonyl (C=O) groups is 1. The predicted octanol–water partition coefficient (Wildman–Crippen LogP) is 2.71. The molecule has 5 heteroatoms. The van der Waals surface area contributed by atoms with Crippen LogP contribution in [0.5, 0.6) is 0 Å². The predicted molar refractivity (Wildman–Crippen MR) is 81.8 cm³/mol. The van der Waals surface area contributed by atoms with Gasteiger partial charge in [0, 0.05) is 23.3 Å². The lowest BCUT2D eigenvalue weighted by molar-refractivity contribution is -0.120. The highest BCUT2D eigenvalue weighted by Crippen LogP contribution is 2.17. The second kappa shape index (κ2) is 8.12. The quantitative estimate of drug-likeness (QED) is 0.504. The van der Waals surface area contributed by atoms with Crippen LogP contribution in [-0.2, 0) is 4.79 Å². The molecule has 20 heavy (non-hydrogen) atoms. The van der Waals surface area contributed by atoms with E-state index >= 15 is 0 Å². The molecular formula is C15H15N3OS. The molecule has 0 aliphatic heterocycles. The first-order chi connectivity index (χ1) is 9.84. The van der Waals surface area contributed by atoms with Crippen molar-refractivity contribution < 1.29 is 4.79 Å². The summed E-state index contributed by atoms with van der Waals surface area (Å²) in [6, 6.07) is 15.5. The second-order valence-electron chi connectivity index (χ2n) is 3.96. The summed E-state index contributed by atoms with van der Waals surface area (Å²) in [5.41, 5.74) is 3.21. The van der Waals surface area contributed by atoms with E-state index in [0.717, 1.165) is 10.6 Å². The molecule has 1 N–H and O–H groups in total. The fourth-order valence-corrected chi connectivity index (χ4v) is 2.33. The Morgan fingerprint density at radius 3 is 2.75 bits per heavy atom. The van der Waals surface area contributed by atoms with Gasteiger partial charge in [-0.05, 0) is 24.3 Å². The van der Waals surface area contributed by atoms with E-state index in [0.29, 0.717) is 12.1 Å². The van der Waals surface area contributed by atoms with Crippen LogP contribution in [0.15, 0.2) is 64.7 Å². The van der Waals surface area contributed by atoms with Crippen LogP contribution >= 0.6 is 11.8 Å². The average Bonchev–Trinajstić information content (AvgIpc) is 2.49. The number of thioether (sulfide) groups is 1. The molecule has 2 rings (SSSR count). The van der Waals surface area contributed by atoms with Crippen molar-refractivity contribution in [1.29, 1.82) is 0 Å². The van der Waals surface area contributed by atoms with Crippen molar-refractivity contribution in [3.63, 3.8) is 0 Å². The van der Waals surface area contributed by atoms with E-state index in [4.69, 9.17) is 0 Å². The Morgan fingerprint density at radius 1 is 1.20 bits per heavy atom. The Labute approximate surface area is 122 Å². The van der Waals surface area contributed by atoms with E-state index in [-0.39, 0.29) is 5.91 Å². The molecule has 1 aromatic heterocycles. The topological polar surface area (TPSA) is 54.4 Å². The van der Waals surface area contributed by atoms with Crippen LogP contribution in [0.1, 0.15) is 12.1 Å². The Hall–Kier alpha value is -2.14. The summed E-state index contributed by atoms with van der Waals surface area (Å²) in [5, 5.41) is 3.87. The number of benzene rings is 1. The summed E-state index contributed by atoms with van der Waals surface area (Å²) < 4.78 is 0. The summed E-state index contributed by atoms with van der Waals surface area (Å²) in [6.07, 6.45) is 3.64. The van der Waals surface area contributed by atoms with Crippen LogP contribution in [0, 0.1) is 0 Å². The Kier molecular flexibility index (Phi) is 5.79. The molecule has 2 aromatic rings. The molecule has 1 heterocycles. The smallest absolute Gasteiger partial charge is 0.240 e. The lowest BCUT2D eigenvalue weighted by Gasteiger charge is -2.00. The molecule has 0 aliphatic carbocycles.